The third kappa shape index (κ3) is 3.84. The number of rotatable bonds is 3. The molecule has 3 aromatic rings. The Kier molecular flexibility index (Phi) is 5.52. The Labute approximate surface area is 190 Å². The number of carbonyl (C=O) groups excluding carboxylic acids is 1. The fraction of sp³-hybridized carbons (Fsp3) is 0.458. The SMILES string of the molecule is Cc1cn2nc([C@@H]3CCCCN3C(=O)c3ccc(F)c(F)c3C)cc2nc1N1CC[C@@H](O)C1. The molecule has 2 atom stereocenters. The van der Waals surface area contributed by atoms with Gasteiger partial charge in [-0.1, -0.05) is 0 Å². The van der Waals surface area contributed by atoms with E-state index in [1.807, 2.05) is 19.2 Å². The number of piperidine rings is 1. The van der Waals surface area contributed by atoms with Crippen LogP contribution in [0, 0.1) is 25.5 Å². The predicted molar refractivity (Wildman–Crippen MR) is 119 cm³/mol. The van der Waals surface area contributed by atoms with Crippen molar-refractivity contribution in [1.82, 2.24) is 19.5 Å². The molecule has 2 aliphatic rings. The zero-order chi connectivity index (χ0) is 23.3. The van der Waals surface area contributed by atoms with Crippen LogP contribution in [0.2, 0.25) is 0 Å². The Morgan fingerprint density at radius 1 is 1.15 bits per heavy atom. The second-order valence-electron chi connectivity index (χ2n) is 9.05. The molecule has 9 heteroatoms. The fourth-order valence-electron chi connectivity index (χ4n) is 4.96. The first-order valence-electron chi connectivity index (χ1n) is 11.4. The standard InChI is InChI=1S/C24H27F2N5O2/c1-14-12-31-21(27-23(14)29-10-8-16(32)13-29)11-19(28-31)20-5-3-4-9-30(20)24(33)17-6-7-18(25)22(26)15(17)2/h6-7,11-12,16,20,32H,3-5,8-10,13H2,1-2H3/t16-,20+/m1/s1. The summed E-state index contributed by atoms with van der Waals surface area (Å²) in [4.78, 5) is 21.9. The summed E-state index contributed by atoms with van der Waals surface area (Å²) >= 11 is 0. The van der Waals surface area contributed by atoms with E-state index in [-0.39, 0.29) is 29.2 Å². The molecule has 0 saturated carbocycles. The van der Waals surface area contributed by atoms with E-state index in [2.05, 4.69) is 4.90 Å². The molecule has 1 amide bonds. The number of aromatic nitrogens is 3. The molecule has 33 heavy (non-hydrogen) atoms. The van der Waals surface area contributed by atoms with Gasteiger partial charge in [-0.25, -0.2) is 18.3 Å². The van der Waals surface area contributed by atoms with Gasteiger partial charge in [-0.15, -0.1) is 0 Å². The van der Waals surface area contributed by atoms with Crippen molar-refractivity contribution >= 4 is 17.4 Å². The number of aryl methyl sites for hydroxylation is 1. The van der Waals surface area contributed by atoms with Gasteiger partial charge in [-0.3, -0.25) is 4.79 Å². The molecule has 1 N–H and O–H groups in total. The lowest BCUT2D eigenvalue weighted by Crippen LogP contribution is -2.39. The third-order valence-electron chi connectivity index (χ3n) is 6.76. The van der Waals surface area contributed by atoms with Crippen LogP contribution in [-0.4, -0.2) is 56.2 Å². The topological polar surface area (TPSA) is 74.0 Å². The van der Waals surface area contributed by atoms with Crippen LogP contribution in [-0.2, 0) is 0 Å². The Morgan fingerprint density at radius 2 is 1.97 bits per heavy atom. The number of nitrogens with zero attached hydrogens (tertiary/aromatic N) is 5. The molecule has 2 saturated heterocycles. The number of aliphatic hydroxyl groups excluding tert-OH is 1. The number of hydrogen-bond donors (Lipinski definition) is 1. The second-order valence-corrected chi connectivity index (χ2v) is 9.05. The number of halogens is 2. The number of amides is 1. The smallest absolute Gasteiger partial charge is 0.254 e. The summed E-state index contributed by atoms with van der Waals surface area (Å²) in [6.07, 6.45) is 4.83. The van der Waals surface area contributed by atoms with Gasteiger partial charge in [0.1, 0.15) is 5.82 Å². The summed E-state index contributed by atoms with van der Waals surface area (Å²) in [7, 11) is 0. The number of carbonyl (C=O) groups is 1. The van der Waals surface area contributed by atoms with Crippen LogP contribution >= 0.6 is 0 Å². The molecule has 0 bridgehead atoms. The van der Waals surface area contributed by atoms with Gasteiger partial charge in [-0.05, 0) is 51.7 Å². The van der Waals surface area contributed by atoms with Crippen LogP contribution in [0.1, 0.15) is 58.9 Å². The van der Waals surface area contributed by atoms with E-state index >= 15 is 0 Å². The molecule has 0 aliphatic carbocycles. The number of aliphatic hydroxyl groups is 1. The minimum absolute atomic E-state index is 0.0223. The lowest BCUT2D eigenvalue weighted by Gasteiger charge is -2.35. The highest BCUT2D eigenvalue weighted by atomic mass is 19.2. The van der Waals surface area contributed by atoms with Gasteiger partial charge in [0.05, 0.1) is 17.8 Å². The van der Waals surface area contributed by atoms with Gasteiger partial charge in [-0.2, -0.15) is 5.10 Å². The number of β-amino-alcohol motifs (C(OH)–C–C–N with tert-alkyl or cyclic N) is 1. The highest BCUT2D eigenvalue weighted by Gasteiger charge is 2.32. The van der Waals surface area contributed by atoms with Gasteiger partial charge in [0.25, 0.3) is 5.91 Å². The zero-order valence-electron chi connectivity index (χ0n) is 18.8. The first kappa shape index (κ1) is 21.8. The maximum atomic E-state index is 14.1. The molecule has 5 rings (SSSR count). The first-order chi connectivity index (χ1) is 15.8. The van der Waals surface area contributed by atoms with Crippen molar-refractivity contribution in [2.45, 2.75) is 51.7 Å². The van der Waals surface area contributed by atoms with Gasteiger partial charge in [0.2, 0.25) is 0 Å². The van der Waals surface area contributed by atoms with Crippen LogP contribution in [0.5, 0.6) is 0 Å². The van der Waals surface area contributed by atoms with Gasteiger partial charge in [0, 0.05) is 48.6 Å². The highest BCUT2D eigenvalue weighted by molar-refractivity contribution is 5.96. The number of hydrogen-bond acceptors (Lipinski definition) is 5. The lowest BCUT2D eigenvalue weighted by molar-refractivity contribution is 0.0604. The highest BCUT2D eigenvalue weighted by Crippen LogP contribution is 2.33. The van der Waals surface area contributed by atoms with E-state index in [0.29, 0.717) is 18.7 Å². The maximum absolute atomic E-state index is 14.1. The molecular weight excluding hydrogens is 428 g/mol. The summed E-state index contributed by atoms with van der Waals surface area (Å²) in [6, 6.07) is 3.98. The van der Waals surface area contributed by atoms with Crippen molar-refractivity contribution < 1.29 is 18.7 Å². The van der Waals surface area contributed by atoms with Crippen molar-refractivity contribution in [3.8, 4) is 0 Å². The van der Waals surface area contributed by atoms with Crippen molar-refractivity contribution in [2.75, 3.05) is 24.5 Å². The molecular formula is C24H27F2N5O2. The molecule has 1 aromatic carbocycles. The van der Waals surface area contributed by atoms with E-state index in [1.165, 1.54) is 13.0 Å². The third-order valence-corrected chi connectivity index (χ3v) is 6.76. The summed E-state index contributed by atoms with van der Waals surface area (Å²) in [5.74, 6) is -1.42. The quantitative estimate of drug-likeness (QED) is 0.654. The van der Waals surface area contributed by atoms with Crippen LogP contribution in [0.3, 0.4) is 0 Å². The van der Waals surface area contributed by atoms with E-state index in [0.717, 1.165) is 55.4 Å². The normalized spacial score (nSPS) is 21.2. The average molecular weight is 456 g/mol. The van der Waals surface area contributed by atoms with E-state index in [9.17, 15) is 18.7 Å². The number of fused-ring (bicyclic) bond motifs is 1. The summed E-state index contributed by atoms with van der Waals surface area (Å²) in [5.41, 5.74) is 2.56. The largest absolute Gasteiger partial charge is 0.391 e. The number of benzene rings is 1. The Bertz CT molecular complexity index is 1230. The molecule has 2 fully saturated rings. The van der Waals surface area contributed by atoms with Gasteiger partial charge < -0.3 is 14.9 Å². The molecule has 0 spiro atoms. The Balaban J connectivity index is 1.48. The van der Waals surface area contributed by atoms with Crippen LogP contribution in [0.25, 0.3) is 5.65 Å². The second kappa shape index (κ2) is 8.37. The molecule has 2 aliphatic heterocycles. The molecule has 0 radical (unpaired) electrons. The summed E-state index contributed by atoms with van der Waals surface area (Å²) < 4.78 is 29.4. The maximum Gasteiger partial charge on any atom is 0.254 e. The van der Waals surface area contributed by atoms with E-state index in [4.69, 9.17) is 10.1 Å². The number of anilines is 1. The predicted octanol–water partition coefficient (Wildman–Crippen LogP) is 3.56. The van der Waals surface area contributed by atoms with Crippen molar-refractivity contribution in [3.05, 3.63) is 58.4 Å². The molecule has 7 nitrogen and oxygen atoms in total. The minimum atomic E-state index is -0.985. The number of likely N-dealkylation sites (tertiary alicyclic amines) is 1. The van der Waals surface area contributed by atoms with E-state index < -0.39 is 11.6 Å². The van der Waals surface area contributed by atoms with Gasteiger partial charge in [0.15, 0.2) is 17.3 Å². The average Bonchev–Trinajstić information content (AvgIpc) is 3.42. The van der Waals surface area contributed by atoms with Crippen molar-refractivity contribution in [2.24, 2.45) is 0 Å². The Hall–Kier alpha value is -3.07. The van der Waals surface area contributed by atoms with Crippen LogP contribution in [0.4, 0.5) is 14.6 Å². The molecule has 174 valence electrons. The molecule has 4 heterocycles. The monoisotopic (exact) mass is 455 g/mol. The van der Waals surface area contributed by atoms with Crippen molar-refractivity contribution in [1.29, 1.82) is 0 Å². The lowest BCUT2D eigenvalue weighted by atomic mass is 9.97. The summed E-state index contributed by atoms with van der Waals surface area (Å²) in [6.45, 7) is 5.24. The Morgan fingerprint density at radius 3 is 2.73 bits per heavy atom. The zero-order valence-corrected chi connectivity index (χ0v) is 18.8. The molecule has 0 unspecified atom stereocenters. The van der Waals surface area contributed by atoms with Gasteiger partial charge >= 0.3 is 0 Å². The summed E-state index contributed by atoms with van der Waals surface area (Å²) in [5, 5.41) is 14.6. The fourth-order valence-corrected chi connectivity index (χ4v) is 4.96. The molecule has 2 aromatic heterocycles. The van der Waals surface area contributed by atoms with E-state index in [1.54, 1.807) is 9.42 Å². The first-order valence-corrected chi connectivity index (χ1v) is 11.4. The minimum Gasteiger partial charge on any atom is -0.391 e. The van der Waals surface area contributed by atoms with Crippen molar-refractivity contribution in [3.63, 3.8) is 0 Å². The van der Waals surface area contributed by atoms with Crippen LogP contribution < -0.4 is 4.90 Å². The van der Waals surface area contributed by atoms with Crippen LogP contribution in [0.15, 0.2) is 24.4 Å².